The maximum Gasteiger partial charge on any atom is 0.359 e. The van der Waals surface area contributed by atoms with Crippen molar-refractivity contribution < 1.29 is 37.4 Å². The van der Waals surface area contributed by atoms with Crippen molar-refractivity contribution in [3.8, 4) is 11.5 Å². The van der Waals surface area contributed by atoms with Gasteiger partial charge in [0.1, 0.15) is 23.4 Å². The quantitative estimate of drug-likeness (QED) is 0.387. The van der Waals surface area contributed by atoms with Crippen LogP contribution in [0.2, 0.25) is 0 Å². The van der Waals surface area contributed by atoms with Crippen LogP contribution in [0.25, 0.3) is 0 Å². The number of nitrogens with one attached hydrogen (secondary N) is 1. The van der Waals surface area contributed by atoms with E-state index in [-0.39, 0.29) is 11.3 Å². The lowest BCUT2D eigenvalue weighted by molar-refractivity contribution is -0.125. The van der Waals surface area contributed by atoms with Crippen molar-refractivity contribution in [1.82, 2.24) is 5.32 Å². The van der Waals surface area contributed by atoms with E-state index >= 15 is 0 Å². The van der Waals surface area contributed by atoms with Crippen LogP contribution < -0.4 is 20.1 Å². The lowest BCUT2D eigenvalue weighted by Crippen LogP contribution is -2.37. The lowest BCUT2D eigenvalue weighted by Gasteiger charge is -2.18. The van der Waals surface area contributed by atoms with Gasteiger partial charge in [0.15, 0.2) is 6.61 Å². The molecule has 1 amide bonds. The van der Waals surface area contributed by atoms with Crippen molar-refractivity contribution in [3.05, 3.63) is 90.0 Å². The van der Waals surface area contributed by atoms with Crippen LogP contribution in [0.5, 0.6) is 11.5 Å². The SMILES string of the molecule is O=C(COc1ccccc1P(=O)(O)O)NCC(F)(F)c1ccc(OCc2ccccc2)cc1. The Morgan fingerprint density at radius 3 is 2.21 bits per heavy atom. The third-order valence-corrected chi connectivity index (χ3v) is 5.57. The zero-order valence-electron chi connectivity index (χ0n) is 17.4. The van der Waals surface area contributed by atoms with Crippen LogP contribution in [0.1, 0.15) is 11.1 Å². The highest BCUT2D eigenvalue weighted by Crippen LogP contribution is 2.37. The molecule has 3 N–H and O–H groups in total. The largest absolute Gasteiger partial charge is 0.489 e. The van der Waals surface area contributed by atoms with Crippen molar-refractivity contribution in [2.24, 2.45) is 0 Å². The topological polar surface area (TPSA) is 105 Å². The van der Waals surface area contributed by atoms with Crippen LogP contribution in [0.3, 0.4) is 0 Å². The van der Waals surface area contributed by atoms with E-state index in [1.165, 1.54) is 42.5 Å². The van der Waals surface area contributed by atoms with E-state index in [1.807, 2.05) is 30.3 Å². The van der Waals surface area contributed by atoms with E-state index in [0.29, 0.717) is 12.4 Å². The Labute approximate surface area is 189 Å². The molecule has 0 heterocycles. The van der Waals surface area contributed by atoms with E-state index < -0.39 is 37.9 Å². The number of rotatable bonds is 10. The maximum atomic E-state index is 14.5. The minimum Gasteiger partial charge on any atom is -0.489 e. The first-order valence-corrected chi connectivity index (χ1v) is 11.5. The van der Waals surface area contributed by atoms with Gasteiger partial charge in [0, 0.05) is 5.56 Å². The highest BCUT2D eigenvalue weighted by atomic mass is 31.2. The summed E-state index contributed by atoms with van der Waals surface area (Å²) in [6.45, 7) is -1.35. The molecule has 33 heavy (non-hydrogen) atoms. The molecular formula is C23H22F2NO6P. The number of ether oxygens (including phenoxy) is 2. The van der Waals surface area contributed by atoms with Gasteiger partial charge >= 0.3 is 7.60 Å². The standard InChI is InChI=1S/C23H22F2NO6P/c24-23(25,18-10-12-19(13-11-18)31-14-17-6-2-1-3-7-17)16-26-22(27)15-32-20-8-4-5-9-21(20)33(28,29)30/h1-13H,14-16H2,(H,26,27)(H2,28,29,30). The molecule has 0 fully saturated rings. The molecule has 0 aliphatic heterocycles. The molecule has 0 radical (unpaired) electrons. The smallest absolute Gasteiger partial charge is 0.359 e. The fraction of sp³-hybridized carbons (Fsp3) is 0.174. The van der Waals surface area contributed by atoms with Gasteiger partial charge in [-0.1, -0.05) is 42.5 Å². The maximum absolute atomic E-state index is 14.5. The Kier molecular flexibility index (Phi) is 7.81. The molecule has 10 heteroatoms. The molecule has 7 nitrogen and oxygen atoms in total. The van der Waals surface area contributed by atoms with E-state index in [0.717, 1.165) is 11.6 Å². The number of alkyl halides is 2. The summed E-state index contributed by atoms with van der Waals surface area (Å²) >= 11 is 0. The Bertz CT molecular complexity index is 1120. The summed E-state index contributed by atoms with van der Waals surface area (Å²) in [6.07, 6.45) is 0. The molecule has 0 saturated carbocycles. The first kappa shape index (κ1) is 24.4. The van der Waals surface area contributed by atoms with Crippen molar-refractivity contribution in [2.75, 3.05) is 13.2 Å². The van der Waals surface area contributed by atoms with Gasteiger partial charge in [0.2, 0.25) is 0 Å². The van der Waals surface area contributed by atoms with Crippen LogP contribution >= 0.6 is 7.60 Å². The molecule has 0 aliphatic rings. The number of benzene rings is 3. The molecular weight excluding hydrogens is 455 g/mol. The number of para-hydroxylation sites is 1. The minimum atomic E-state index is -4.61. The monoisotopic (exact) mass is 477 g/mol. The van der Waals surface area contributed by atoms with Gasteiger partial charge in [-0.3, -0.25) is 9.36 Å². The number of amides is 1. The highest BCUT2D eigenvalue weighted by Gasteiger charge is 2.32. The number of hydrogen-bond donors (Lipinski definition) is 3. The molecule has 0 unspecified atom stereocenters. The predicted molar refractivity (Wildman–Crippen MR) is 118 cm³/mol. The Hall–Kier alpha value is -3.26. The number of carbonyl (C=O) groups excluding carboxylic acids is 1. The van der Waals surface area contributed by atoms with Crippen LogP contribution in [0.15, 0.2) is 78.9 Å². The summed E-state index contributed by atoms with van der Waals surface area (Å²) in [5, 5.41) is 1.68. The minimum absolute atomic E-state index is 0.196. The number of hydrogen-bond acceptors (Lipinski definition) is 4. The van der Waals surface area contributed by atoms with Gasteiger partial charge in [0.25, 0.3) is 11.8 Å². The van der Waals surface area contributed by atoms with Crippen molar-refractivity contribution >= 4 is 18.8 Å². The fourth-order valence-corrected chi connectivity index (χ4v) is 3.57. The molecule has 0 atom stereocenters. The molecule has 0 saturated heterocycles. The van der Waals surface area contributed by atoms with Crippen molar-refractivity contribution in [3.63, 3.8) is 0 Å². The van der Waals surface area contributed by atoms with Crippen molar-refractivity contribution in [1.29, 1.82) is 0 Å². The molecule has 3 rings (SSSR count). The van der Waals surface area contributed by atoms with E-state index in [9.17, 15) is 27.9 Å². The van der Waals surface area contributed by atoms with Gasteiger partial charge in [-0.05, 0) is 42.0 Å². The Morgan fingerprint density at radius 2 is 1.55 bits per heavy atom. The zero-order valence-corrected chi connectivity index (χ0v) is 18.3. The molecule has 0 spiro atoms. The molecule has 0 aromatic heterocycles. The first-order chi connectivity index (χ1) is 15.6. The Morgan fingerprint density at radius 1 is 0.909 bits per heavy atom. The van der Waals surface area contributed by atoms with E-state index in [1.54, 1.807) is 0 Å². The van der Waals surface area contributed by atoms with E-state index in [4.69, 9.17) is 9.47 Å². The second-order valence-corrected chi connectivity index (χ2v) is 8.65. The number of halogens is 2. The molecule has 0 bridgehead atoms. The van der Waals surface area contributed by atoms with Crippen LogP contribution in [-0.4, -0.2) is 28.8 Å². The second-order valence-electron chi connectivity index (χ2n) is 7.08. The number of carbonyl (C=O) groups is 1. The summed E-state index contributed by atoms with van der Waals surface area (Å²) in [4.78, 5) is 30.6. The van der Waals surface area contributed by atoms with Gasteiger partial charge < -0.3 is 24.6 Å². The van der Waals surface area contributed by atoms with Gasteiger partial charge in [0.05, 0.1) is 6.54 Å². The van der Waals surface area contributed by atoms with Crippen molar-refractivity contribution in [2.45, 2.75) is 12.5 Å². The first-order valence-electron chi connectivity index (χ1n) is 9.85. The third kappa shape index (κ3) is 7.12. The second kappa shape index (κ2) is 10.6. The highest BCUT2D eigenvalue weighted by molar-refractivity contribution is 7.60. The predicted octanol–water partition coefficient (Wildman–Crippen LogP) is 3.36. The zero-order chi connectivity index (χ0) is 23.9. The van der Waals surface area contributed by atoms with E-state index in [2.05, 4.69) is 5.32 Å². The summed E-state index contributed by atoms with van der Waals surface area (Å²) in [6, 6.07) is 20.0. The van der Waals surface area contributed by atoms with Gasteiger partial charge in [-0.15, -0.1) is 0 Å². The normalized spacial score (nSPS) is 11.6. The average molecular weight is 477 g/mol. The third-order valence-electron chi connectivity index (χ3n) is 4.57. The molecule has 3 aromatic carbocycles. The Balaban J connectivity index is 1.51. The van der Waals surface area contributed by atoms with Gasteiger partial charge in [-0.25, -0.2) is 0 Å². The molecule has 174 valence electrons. The van der Waals surface area contributed by atoms with Crippen LogP contribution in [0, 0.1) is 0 Å². The summed E-state index contributed by atoms with van der Waals surface area (Å²) in [7, 11) is -4.61. The fourth-order valence-electron chi connectivity index (χ4n) is 2.86. The summed E-state index contributed by atoms with van der Waals surface area (Å²) < 4.78 is 51.1. The molecule has 0 aliphatic carbocycles. The van der Waals surface area contributed by atoms with Crippen LogP contribution in [-0.2, 0) is 21.9 Å². The summed E-state index contributed by atoms with van der Waals surface area (Å²) in [5.74, 6) is -3.98. The summed E-state index contributed by atoms with van der Waals surface area (Å²) in [5.41, 5.74) is 0.642. The lowest BCUT2D eigenvalue weighted by atomic mass is 10.1. The van der Waals surface area contributed by atoms with Crippen LogP contribution in [0.4, 0.5) is 8.78 Å². The average Bonchev–Trinajstić information content (AvgIpc) is 2.81. The molecule has 3 aromatic rings. The van der Waals surface area contributed by atoms with Gasteiger partial charge in [-0.2, -0.15) is 8.78 Å².